The van der Waals surface area contributed by atoms with E-state index < -0.39 is 0 Å². The monoisotopic (exact) mass is 346 g/mol. The lowest BCUT2D eigenvalue weighted by atomic mass is 9.95. The van der Waals surface area contributed by atoms with Gasteiger partial charge in [-0.2, -0.15) is 0 Å². The van der Waals surface area contributed by atoms with Gasteiger partial charge in [0.2, 0.25) is 0 Å². The van der Waals surface area contributed by atoms with Gasteiger partial charge < -0.3 is 10.5 Å². The van der Waals surface area contributed by atoms with E-state index in [1.54, 1.807) is 0 Å². The Morgan fingerprint density at radius 1 is 1.53 bits per heavy atom. The lowest BCUT2D eigenvalue weighted by Gasteiger charge is -2.46. The predicted octanol–water partition coefficient (Wildman–Crippen LogP) is 3.21. The third-order valence-electron chi connectivity index (χ3n) is 3.63. The molecule has 1 aromatic carbocycles. The fourth-order valence-electron chi connectivity index (χ4n) is 2.64. The second-order valence-electron chi connectivity index (χ2n) is 5.48. The molecule has 0 bridgehead atoms. The normalized spacial score (nSPS) is 21.3. The van der Waals surface area contributed by atoms with Crippen LogP contribution in [0.1, 0.15) is 25.5 Å². The molecule has 0 aromatic heterocycles. The Balaban J connectivity index is 2.33. The van der Waals surface area contributed by atoms with Gasteiger partial charge in [-0.3, -0.25) is 4.90 Å². The molecular formula is C14H20BrClN2O. The Morgan fingerprint density at radius 3 is 2.84 bits per heavy atom. The maximum absolute atomic E-state index is 6.37. The van der Waals surface area contributed by atoms with Crippen molar-refractivity contribution in [2.45, 2.75) is 25.4 Å². The van der Waals surface area contributed by atoms with Crippen molar-refractivity contribution in [2.75, 3.05) is 26.3 Å². The molecule has 1 aromatic rings. The van der Waals surface area contributed by atoms with Gasteiger partial charge in [-0.05, 0) is 31.5 Å². The second-order valence-corrected chi connectivity index (χ2v) is 6.80. The molecule has 1 unspecified atom stereocenters. The lowest BCUT2D eigenvalue weighted by Crippen LogP contribution is -2.55. The number of rotatable bonds is 3. The molecular weight excluding hydrogens is 328 g/mol. The van der Waals surface area contributed by atoms with Gasteiger partial charge in [0.15, 0.2) is 0 Å². The molecule has 1 saturated heterocycles. The van der Waals surface area contributed by atoms with Crippen molar-refractivity contribution in [3.63, 3.8) is 0 Å². The summed E-state index contributed by atoms with van der Waals surface area (Å²) in [6.07, 6.45) is 0. The van der Waals surface area contributed by atoms with Crippen molar-refractivity contribution in [3.05, 3.63) is 33.3 Å². The molecule has 2 rings (SSSR count). The van der Waals surface area contributed by atoms with Crippen LogP contribution in [0.5, 0.6) is 0 Å². The van der Waals surface area contributed by atoms with Gasteiger partial charge in [0.05, 0.1) is 13.2 Å². The minimum atomic E-state index is -0.0291. The fraction of sp³-hybridized carbons (Fsp3) is 0.571. The SMILES string of the molecule is CC1(C)COCCN1C(CN)c1ccc(Br)cc1Cl. The molecule has 5 heteroatoms. The molecule has 0 saturated carbocycles. The Hall–Kier alpha value is -0.130. The molecule has 1 atom stereocenters. The zero-order valence-electron chi connectivity index (χ0n) is 11.3. The van der Waals surface area contributed by atoms with Crippen molar-refractivity contribution in [1.82, 2.24) is 4.90 Å². The average molecular weight is 348 g/mol. The molecule has 19 heavy (non-hydrogen) atoms. The van der Waals surface area contributed by atoms with Crippen LogP contribution >= 0.6 is 27.5 Å². The first-order chi connectivity index (χ1) is 8.95. The van der Waals surface area contributed by atoms with E-state index in [0.29, 0.717) is 6.54 Å². The van der Waals surface area contributed by atoms with Crippen LogP contribution < -0.4 is 5.73 Å². The number of halogens is 2. The molecule has 106 valence electrons. The molecule has 0 radical (unpaired) electrons. The first-order valence-corrected chi connectivity index (χ1v) is 7.62. The standard InChI is InChI=1S/C14H20BrClN2O/c1-14(2)9-19-6-5-18(14)13(8-17)11-4-3-10(15)7-12(11)16/h3-4,7,13H,5-6,8-9,17H2,1-2H3. The number of hydrogen-bond acceptors (Lipinski definition) is 3. The smallest absolute Gasteiger partial charge is 0.0645 e. The summed E-state index contributed by atoms with van der Waals surface area (Å²) in [6.45, 7) is 7.25. The van der Waals surface area contributed by atoms with Gasteiger partial charge >= 0.3 is 0 Å². The highest BCUT2D eigenvalue weighted by Gasteiger charge is 2.36. The van der Waals surface area contributed by atoms with E-state index in [4.69, 9.17) is 22.1 Å². The summed E-state index contributed by atoms with van der Waals surface area (Å²) in [5.41, 5.74) is 7.07. The molecule has 1 aliphatic rings. The highest BCUT2D eigenvalue weighted by atomic mass is 79.9. The third-order valence-corrected chi connectivity index (χ3v) is 4.45. The quantitative estimate of drug-likeness (QED) is 0.912. The topological polar surface area (TPSA) is 38.5 Å². The van der Waals surface area contributed by atoms with Crippen LogP contribution in [0.15, 0.2) is 22.7 Å². The molecule has 0 aliphatic carbocycles. The van der Waals surface area contributed by atoms with E-state index in [-0.39, 0.29) is 11.6 Å². The van der Waals surface area contributed by atoms with E-state index in [9.17, 15) is 0 Å². The number of nitrogens with two attached hydrogens (primary N) is 1. The fourth-order valence-corrected chi connectivity index (χ4v) is 3.44. The van der Waals surface area contributed by atoms with E-state index >= 15 is 0 Å². The van der Waals surface area contributed by atoms with E-state index in [0.717, 1.165) is 34.8 Å². The average Bonchev–Trinajstić information content (AvgIpc) is 2.34. The second kappa shape index (κ2) is 6.10. The number of nitrogens with zero attached hydrogens (tertiary/aromatic N) is 1. The molecule has 2 N–H and O–H groups in total. The van der Waals surface area contributed by atoms with Gasteiger partial charge in [0.1, 0.15) is 0 Å². The summed E-state index contributed by atoms with van der Waals surface area (Å²) >= 11 is 9.81. The van der Waals surface area contributed by atoms with Crippen molar-refractivity contribution in [1.29, 1.82) is 0 Å². The number of benzene rings is 1. The molecule has 0 spiro atoms. The maximum Gasteiger partial charge on any atom is 0.0645 e. The Kier molecular flexibility index (Phi) is 4.90. The van der Waals surface area contributed by atoms with E-state index in [2.05, 4.69) is 40.7 Å². The summed E-state index contributed by atoms with van der Waals surface area (Å²) in [7, 11) is 0. The first-order valence-electron chi connectivity index (χ1n) is 6.45. The lowest BCUT2D eigenvalue weighted by molar-refractivity contribution is -0.0712. The highest BCUT2D eigenvalue weighted by Crippen LogP contribution is 2.34. The van der Waals surface area contributed by atoms with Gasteiger partial charge in [0, 0.05) is 34.2 Å². The molecule has 1 heterocycles. The summed E-state index contributed by atoms with van der Waals surface area (Å²) in [5, 5.41) is 0.757. The van der Waals surface area contributed by atoms with Crippen molar-refractivity contribution in [3.8, 4) is 0 Å². The number of hydrogen-bond donors (Lipinski definition) is 1. The van der Waals surface area contributed by atoms with Crippen molar-refractivity contribution >= 4 is 27.5 Å². The first kappa shape index (κ1) is 15.3. The predicted molar refractivity (Wildman–Crippen MR) is 82.6 cm³/mol. The molecule has 1 fully saturated rings. The zero-order valence-corrected chi connectivity index (χ0v) is 13.7. The van der Waals surface area contributed by atoms with Crippen molar-refractivity contribution < 1.29 is 4.74 Å². The summed E-state index contributed by atoms with van der Waals surface area (Å²) in [5.74, 6) is 0. The zero-order chi connectivity index (χ0) is 14.0. The molecule has 1 aliphatic heterocycles. The van der Waals surface area contributed by atoms with Gasteiger partial charge in [-0.1, -0.05) is 33.6 Å². The summed E-state index contributed by atoms with van der Waals surface area (Å²) in [4.78, 5) is 2.39. The van der Waals surface area contributed by atoms with Gasteiger partial charge in [-0.25, -0.2) is 0 Å². The Bertz CT molecular complexity index is 453. The van der Waals surface area contributed by atoms with Crippen LogP contribution in [0, 0.1) is 0 Å². The minimum Gasteiger partial charge on any atom is -0.378 e. The van der Waals surface area contributed by atoms with Crippen molar-refractivity contribution in [2.24, 2.45) is 5.73 Å². The highest BCUT2D eigenvalue weighted by molar-refractivity contribution is 9.10. The molecule has 0 amide bonds. The Labute approximate surface area is 128 Å². The minimum absolute atomic E-state index is 0.0291. The van der Waals surface area contributed by atoms with Gasteiger partial charge in [-0.15, -0.1) is 0 Å². The third kappa shape index (κ3) is 3.31. The van der Waals surface area contributed by atoms with E-state index in [1.165, 1.54) is 0 Å². The van der Waals surface area contributed by atoms with Crippen LogP contribution in [0.2, 0.25) is 5.02 Å². The van der Waals surface area contributed by atoms with Crippen LogP contribution in [0.3, 0.4) is 0 Å². The summed E-state index contributed by atoms with van der Waals surface area (Å²) in [6, 6.07) is 6.11. The van der Waals surface area contributed by atoms with Crippen LogP contribution in [0.4, 0.5) is 0 Å². The van der Waals surface area contributed by atoms with E-state index in [1.807, 2.05) is 12.1 Å². The Morgan fingerprint density at radius 2 is 2.26 bits per heavy atom. The maximum atomic E-state index is 6.37. The van der Waals surface area contributed by atoms with Gasteiger partial charge in [0.25, 0.3) is 0 Å². The molecule has 3 nitrogen and oxygen atoms in total. The van der Waals surface area contributed by atoms with Crippen LogP contribution in [-0.2, 0) is 4.74 Å². The summed E-state index contributed by atoms with van der Waals surface area (Å²) < 4.78 is 6.56. The largest absolute Gasteiger partial charge is 0.378 e. The number of ether oxygens (including phenoxy) is 1. The number of morpholine rings is 1. The van der Waals surface area contributed by atoms with Crippen LogP contribution in [-0.4, -0.2) is 36.7 Å². The van der Waals surface area contributed by atoms with Crippen LogP contribution in [0.25, 0.3) is 0 Å².